The highest BCUT2D eigenvalue weighted by Gasteiger charge is 2.14. The average Bonchev–Trinajstić information content (AvgIpc) is 3.26. The van der Waals surface area contributed by atoms with Crippen LogP contribution in [0.5, 0.6) is 0 Å². The van der Waals surface area contributed by atoms with Crippen molar-refractivity contribution in [3.05, 3.63) is 53.9 Å². The van der Waals surface area contributed by atoms with Crippen LogP contribution in [0.3, 0.4) is 0 Å². The maximum atomic E-state index is 12.7. The fourth-order valence-corrected chi connectivity index (χ4v) is 3.13. The van der Waals surface area contributed by atoms with Gasteiger partial charge in [-0.2, -0.15) is 4.99 Å². The molecule has 0 unspecified atom stereocenters. The van der Waals surface area contributed by atoms with E-state index in [0.717, 1.165) is 39.3 Å². The van der Waals surface area contributed by atoms with Crippen molar-refractivity contribution in [1.29, 1.82) is 0 Å². The lowest BCUT2D eigenvalue weighted by atomic mass is 10.1. The van der Waals surface area contributed by atoms with E-state index in [-0.39, 0.29) is 17.4 Å². The van der Waals surface area contributed by atoms with Gasteiger partial charge in [-0.15, -0.1) is 0 Å². The Morgan fingerprint density at radius 2 is 1.76 bits per heavy atom. The molecule has 1 aliphatic heterocycles. The molecule has 29 heavy (non-hydrogen) atoms. The number of morpholine rings is 1. The number of ether oxygens (including phenoxy) is 1. The lowest BCUT2D eigenvalue weighted by Gasteiger charge is -2.26. The summed E-state index contributed by atoms with van der Waals surface area (Å²) in [5, 5.41) is 2.92. The Morgan fingerprint density at radius 3 is 2.45 bits per heavy atom. The predicted molar refractivity (Wildman–Crippen MR) is 110 cm³/mol. The van der Waals surface area contributed by atoms with Crippen molar-refractivity contribution in [2.75, 3.05) is 39.4 Å². The average molecular weight is 398 g/mol. The Labute approximate surface area is 169 Å². The van der Waals surface area contributed by atoms with E-state index in [9.17, 15) is 9.59 Å². The normalized spacial score (nSPS) is 14.3. The second-order valence-electron chi connectivity index (χ2n) is 6.76. The first-order chi connectivity index (χ1) is 14.0. The minimum Gasteiger partial charge on any atom is -0.379 e. The van der Waals surface area contributed by atoms with Crippen LogP contribution in [0.2, 0.25) is 0 Å². The van der Waals surface area contributed by atoms with Crippen LogP contribution in [0.15, 0.2) is 47.7 Å². The van der Waals surface area contributed by atoms with Gasteiger partial charge in [0.15, 0.2) is 5.96 Å². The largest absolute Gasteiger partial charge is 0.379 e. The van der Waals surface area contributed by atoms with E-state index in [1.807, 2.05) is 29.1 Å². The molecule has 9 nitrogen and oxygen atoms in total. The third-order valence-electron chi connectivity index (χ3n) is 4.60. The lowest BCUT2D eigenvalue weighted by Crippen LogP contribution is -2.38. The first-order valence-electron chi connectivity index (χ1n) is 9.53. The van der Waals surface area contributed by atoms with Crippen LogP contribution in [0.1, 0.15) is 27.1 Å². The van der Waals surface area contributed by atoms with Crippen LogP contribution in [0, 0.1) is 0 Å². The molecular formula is C20H26N6O3. The number of aliphatic imine (C=N–C) groups is 1. The minimum atomic E-state index is -0.597. The van der Waals surface area contributed by atoms with Gasteiger partial charge in [-0.25, -0.2) is 0 Å². The molecule has 0 spiro atoms. The molecular weight excluding hydrogens is 372 g/mol. The fraction of sp³-hybridized carbons (Fsp3) is 0.350. The van der Waals surface area contributed by atoms with Gasteiger partial charge < -0.3 is 26.1 Å². The van der Waals surface area contributed by atoms with Crippen molar-refractivity contribution < 1.29 is 14.3 Å². The number of carbonyl (C=O) groups is 2. The van der Waals surface area contributed by atoms with Crippen LogP contribution >= 0.6 is 0 Å². The van der Waals surface area contributed by atoms with Crippen molar-refractivity contribution in [3.63, 3.8) is 0 Å². The highest BCUT2D eigenvalue weighted by Crippen LogP contribution is 2.16. The molecule has 1 aliphatic rings. The fourth-order valence-electron chi connectivity index (χ4n) is 3.13. The summed E-state index contributed by atoms with van der Waals surface area (Å²) in [4.78, 5) is 30.8. The molecule has 1 aromatic heterocycles. The highest BCUT2D eigenvalue weighted by molar-refractivity contribution is 6.04. The number of guanidine groups is 1. The Kier molecular flexibility index (Phi) is 6.99. The SMILES string of the molecule is NC(N)=NC(=O)c1cc(C(=O)NCCCN2CCOCC2)cc(-n2cccc2)c1. The van der Waals surface area contributed by atoms with E-state index in [1.165, 1.54) is 6.07 Å². The molecule has 5 N–H and O–H groups in total. The number of rotatable bonds is 7. The van der Waals surface area contributed by atoms with Gasteiger partial charge in [-0.1, -0.05) is 0 Å². The number of aromatic nitrogens is 1. The number of carbonyl (C=O) groups excluding carboxylic acids is 2. The summed E-state index contributed by atoms with van der Waals surface area (Å²) in [7, 11) is 0. The Balaban J connectivity index is 1.69. The second kappa shape index (κ2) is 9.85. The van der Waals surface area contributed by atoms with Gasteiger partial charge in [-0.05, 0) is 43.3 Å². The van der Waals surface area contributed by atoms with Crippen molar-refractivity contribution in [3.8, 4) is 5.69 Å². The van der Waals surface area contributed by atoms with Gasteiger partial charge in [0, 0.05) is 48.8 Å². The van der Waals surface area contributed by atoms with E-state index in [2.05, 4.69) is 15.2 Å². The van der Waals surface area contributed by atoms with E-state index in [0.29, 0.717) is 17.8 Å². The maximum absolute atomic E-state index is 12.7. The van der Waals surface area contributed by atoms with Crippen LogP contribution in [-0.2, 0) is 4.74 Å². The van der Waals surface area contributed by atoms with E-state index in [4.69, 9.17) is 16.2 Å². The lowest BCUT2D eigenvalue weighted by molar-refractivity contribution is 0.0374. The number of amides is 2. The number of hydrogen-bond acceptors (Lipinski definition) is 4. The molecule has 3 rings (SSSR count). The van der Waals surface area contributed by atoms with Crippen molar-refractivity contribution >= 4 is 17.8 Å². The molecule has 1 saturated heterocycles. The third kappa shape index (κ3) is 5.90. The summed E-state index contributed by atoms with van der Waals surface area (Å²) < 4.78 is 7.14. The zero-order chi connectivity index (χ0) is 20.6. The van der Waals surface area contributed by atoms with Gasteiger partial charge in [0.05, 0.1) is 13.2 Å². The molecule has 2 aromatic rings. The topological polar surface area (TPSA) is 128 Å². The molecule has 0 bridgehead atoms. The van der Waals surface area contributed by atoms with Gasteiger partial charge >= 0.3 is 0 Å². The van der Waals surface area contributed by atoms with Crippen molar-refractivity contribution in [2.45, 2.75) is 6.42 Å². The monoisotopic (exact) mass is 398 g/mol. The molecule has 9 heteroatoms. The van der Waals surface area contributed by atoms with Gasteiger partial charge in [-0.3, -0.25) is 14.5 Å². The first kappa shape index (κ1) is 20.6. The summed E-state index contributed by atoms with van der Waals surface area (Å²) in [6.45, 7) is 4.80. The molecule has 154 valence electrons. The second-order valence-corrected chi connectivity index (χ2v) is 6.76. The smallest absolute Gasteiger partial charge is 0.280 e. The quantitative estimate of drug-likeness (QED) is 0.351. The summed E-state index contributed by atoms with van der Waals surface area (Å²) in [6, 6.07) is 8.58. The number of hydrogen-bond donors (Lipinski definition) is 3. The zero-order valence-electron chi connectivity index (χ0n) is 16.2. The Bertz CT molecular complexity index is 868. The molecule has 2 heterocycles. The number of benzene rings is 1. The molecule has 1 aromatic carbocycles. The number of nitrogens with two attached hydrogens (primary N) is 2. The molecule has 1 fully saturated rings. The van der Waals surface area contributed by atoms with Crippen molar-refractivity contribution in [1.82, 2.24) is 14.8 Å². The molecule has 2 amide bonds. The molecule has 0 aliphatic carbocycles. The Morgan fingerprint density at radius 1 is 1.07 bits per heavy atom. The number of nitrogens with one attached hydrogen (secondary N) is 1. The number of nitrogens with zero attached hydrogens (tertiary/aromatic N) is 3. The Hall–Kier alpha value is -3.17. The maximum Gasteiger partial charge on any atom is 0.280 e. The first-order valence-corrected chi connectivity index (χ1v) is 9.53. The molecule has 0 atom stereocenters. The summed E-state index contributed by atoms with van der Waals surface area (Å²) in [6.07, 6.45) is 4.49. The van der Waals surface area contributed by atoms with E-state index in [1.54, 1.807) is 12.1 Å². The highest BCUT2D eigenvalue weighted by atomic mass is 16.5. The standard InChI is InChI=1S/C20H26N6O3/c21-20(22)24-19(28)16-12-15(13-17(14-16)26-6-1-2-7-26)18(27)23-4-3-5-25-8-10-29-11-9-25/h1-2,6-7,12-14H,3-5,8-11H2,(H,23,27)(H4,21,22,24,28). The summed E-state index contributed by atoms with van der Waals surface area (Å²) >= 11 is 0. The van der Waals surface area contributed by atoms with Gasteiger partial charge in [0.2, 0.25) is 0 Å². The van der Waals surface area contributed by atoms with Gasteiger partial charge in [0.1, 0.15) is 0 Å². The summed E-state index contributed by atoms with van der Waals surface area (Å²) in [5.41, 5.74) is 11.9. The van der Waals surface area contributed by atoms with E-state index >= 15 is 0 Å². The van der Waals surface area contributed by atoms with E-state index < -0.39 is 5.91 Å². The van der Waals surface area contributed by atoms with Crippen LogP contribution in [0.25, 0.3) is 5.69 Å². The van der Waals surface area contributed by atoms with Crippen LogP contribution in [-0.4, -0.2) is 66.6 Å². The van der Waals surface area contributed by atoms with Gasteiger partial charge in [0.25, 0.3) is 11.8 Å². The van der Waals surface area contributed by atoms with Crippen LogP contribution < -0.4 is 16.8 Å². The zero-order valence-corrected chi connectivity index (χ0v) is 16.2. The van der Waals surface area contributed by atoms with Crippen molar-refractivity contribution in [2.24, 2.45) is 16.5 Å². The predicted octanol–water partition coefficient (Wildman–Crippen LogP) is 0.343. The summed E-state index contributed by atoms with van der Waals surface area (Å²) in [5.74, 6) is -1.17. The van der Waals surface area contributed by atoms with Crippen LogP contribution in [0.4, 0.5) is 0 Å². The molecule has 0 saturated carbocycles. The third-order valence-corrected chi connectivity index (χ3v) is 4.60. The minimum absolute atomic E-state index is 0.239. The molecule has 0 radical (unpaired) electrons.